The van der Waals surface area contributed by atoms with Crippen molar-refractivity contribution < 1.29 is 9.53 Å². The third-order valence-corrected chi connectivity index (χ3v) is 4.26. The van der Waals surface area contributed by atoms with Crippen molar-refractivity contribution in [1.82, 2.24) is 0 Å². The van der Waals surface area contributed by atoms with Crippen LogP contribution in [-0.4, -0.2) is 13.0 Å². The van der Waals surface area contributed by atoms with Crippen LogP contribution in [0.3, 0.4) is 0 Å². The van der Waals surface area contributed by atoms with Crippen molar-refractivity contribution in [3.63, 3.8) is 0 Å². The molecule has 3 rings (SSSR count). The molecule has 1 aliphatic rings. The summed E-state index contributed by atoms with van der Waals surface area (Å²) in [7, 11) is 1.64. The normalized spacial score (nSPS) is 17.8. The average Bonchev–Trinajstić information content (AvgIpc) is 2.81. The maximum atomic E-state index is 12.0. The Morgan fingerprint density at radius 3 is 2.55 bits per heavy atom. The third kappa shape index (κ3) is 2.35. The van der Waals surface area contributed by atoms with Gasteiger partial charge in [0.15, 0.2) is 0 Å². The van der Waals surface area contributed by atoms with Gasteiger partial charge in [0.05, 0.1) is 19.1 Å². The number of anilines is 1. The van der Waals surface area contributed by atoms with Crippen molar-refractivity contribution >= 4 is 11.6 Å². The Kier molecular flexibility index (Phi) is 3.62. The van der Waals surface area contributed by atoms with E-state index in [0.717, 1.165) is 33.7 Å². The number of hydrogen-bond acceptors (Lipinski definition) is 3. The highest BCUT2D eigenvalue weighted by Gasteiger charge is 2.30. The van der Waals surface area contributed by atoms with Crippen LogP contribution in [0.2, 0.25) is 0 Å². The number of methoxy groups -OCH3 is 1. The fourth-order valence-corrected chi connectivity index (χ4v) is 2.94. The summed E-state index contributed by atoms with van der Waals surface area (Å²) >= 11 is 0. The van der Waals surface area contributed by atoms with Crippen molar-refractivity contribution in [2.45, 2.75) is 25.8 Å². The molecular formula is C18H20N2O2. The number of ether oxygens (including phenoxy) is 1. The van der Waals surface area contributed by atoms with Crippen LogP contribution in [0, 0.1) is 6.92 Å². The third-order valence-electron chi connectivity index (χ3n) is 4.26. The van der Waals surface area contributed by atoms with E-state index in [9.17, 15) is 4.79 Å². The SMILES string of the molecule is COc1ccc(C(N)c2cc(C)cc3c2NC(=O)C3C)cc1. The molecule has 2 aromatic carbocycles. The maximum Gasteiger partial charge on any atom is 0.231 e. The molecule has 0 aromatic heterocycles. The Bertz CT molecular complexity index is 723. The summed E-state index contributed by atoms with van der Waals surface area (Å²) in [6, 6.07) is 11.5. The standard InChI is InChI=1S/C18H20N2O2/c1-10-8-14-11(2)18(21)20-17(14)15(9-10)16(19)12-4-6-13(22-3)7-5-12/h4-9,11,16H,19H2,1-3H3,(H,20,21). The summed E-state index contributed by atoms with van der Waals surface area (Å²) in [5.41, 5.74) is 11.4. The molecule has 0 fully saturated rings. The smallest absolute Gasteiger partial charge is 0.231 e. The van der Waals surface area contributed by atoms with Crippen LogP contribution in [0.4, 0.5) is 5.69 Å². The van der Waals surface area contributed by atoms with E-state index < -0.39 is 0 Å². The van der Waals surface area contributed by atoms with Crippen LogP contribution < -0.4 is 15.8 Å². The molecule has 1 amide bonds. The molecule has 2 aromatic rings. The molecule has 2 unspecified atom stereocenters. The molecule has 1 heterocycles. The predicted molar refractivity (Wildman–Crippen MR) is 87.2 cm³/mol. The minimum atomic E-state index is -0.287. The predicted octanol–water partition coefficient (Wildman–Crippen LogP) is 3.11. The molecule has 0 spiro atoms. The summed E-state index contributed by atoms with van der Waals surface area (Å²) in [5, 5.41) is 2.97. The summed E-state index contributed by atoms with van der Waals surface area (Å²) in [5.74, 6) is 0.702. The molecule has 0 saturated carbocycles. The highest BCUT2D eigenvalue weighted by atomic mass is 16.5. The van der Waals surface area contributed by atoms with E-state index in [2.05, 4.69) is 11.4 Å². The fourth-order valence-electron chi connectivity index (χ4n) is 2.94. The number of hydrogen-bond donors (Lipinski definition) is 2. The van der Waals surface area contributed by atoms with Crippen molar-refractivity contribution in [2.24, 2.45) is 5.73 Å². The lowest BCUT2D eigenvalue weighted by Crippen LogP contribution is -2.15. The van der Waals surface area contributed by atoms with E-state index in [-0.39, 0.29) is 17.9 Å². The Balaban J connectivity index is 2.04. The summed E-state index contributed by atoms with van der Waals surface area (Å²) in [6.45, 7) is 3.95. The van der Waals surface area contributed by atoms with E-state index in [1.54, 1.807) is 7.11 Å². The molecule has 114 valence electrons. The van der Waals surface area contributed by atoms with E-state index in [0.29, 0.717) is 0 Å². The van der Waals surface area contributed by atoms with Gasteiger partial charge in [0.2, 0.25) is 5.91 Å². The first-order chi connectivity index (χ1) is 10.5. The number of nitrogens with one attached hydrogen (secondary N) is 1. The summed E-state index contributed by atoms with van der Waals surface area (Å²) in [4.78, 5) is 12.0. The monoisotopic (exact) mass is 296 g/mol. The molecule has 2 atom stereocenters. The van der Waals surface area contributed by atoms with Gasteiger partial charge in [-0.05, 0) is 42.7 Å². The number of benzene rings is 2. The van der Waals surface area contributed by atoms with E-state index in [4.69, 9.17) is 10.5 Å². The van der Waals surface area contributed by atoms with Gasteiger partial charge in [-0.2, -0.15) is 0 Å². The van der Waals surface area contributed by atoms with E-state index >= 15 is 0 Å². The van der Waals surface area contributed by atoms with Crippen LogP contribution in [0.5, 0.6) is 5.75 Å². The van der Waals surface area contributed by atoms with Crippen molar-refractivity contribution in [3.8, 4) is 5.75 Å². The summed E-state index contributed by atoms with van der Waals surface area (Å²) in [6.07, 6.45) is 0. The largest absolute Gasteiger partial charge is 0.497 e. The van der Waals surface area contributed by atoms with Crippen molar-refractivity contribution in [3.05, 3.63) is 58.7 Å². The van der Waals surface area contributed by atoms with Crippen molar-refractivity contribution in [2.75, 3.05) is 12.4 Å². The summed E-state index contributed by atoms with van der Waals surface area (Å²) < 4.78 is 5.18. The Labute approximate surface area is 130 Å². The van der Waals surface area contributed by atoms with E-state index in [1.165, 1.54) is 0 Å². The quantitative estimate of drug-likeness (QED) is 0.914. The van der Waals surface area contributed by atoms with Gasteiger partial charge in [-0.25, -0.2) is 0 Å². The van der Waals surface area contributed by atoms with Crippen LogP contribution >= 0.6 is 0 Å². The molecule has 0 radical (unpaired) electrons. The molecule has 0 saturated heterocycles. The van der Waals surface area contributed by atoms with Crippen LogP contribution in [-0.2, 0) is 4.79 Å². The van der Waals surface area contributed by atoms with Crippen molar-refractivity contribution in [1.29, 1.82) is 0 Å². The Hall–Kier alpha value is -2.33. The zero-order valence-corrected chi connectivity index (χ0v) is 13.0. The zero-order chi connectivity index (χ0) is 15.9. The average molecular weight is 296 g/mol. The lowest BCUT2D eigenvalue weighted by Gasteiger charge is -2.18. The van der Waals surface area contributed by atoms with Gasteiger partial charge < -0.3 is 15.8 Å². The van der Waals surface area contributed by atoms with Crippen LogP contribution in [0.15, 0.2) is 36.4 Å². The van der Waals surface area contributed by atoms with Crippen LogP contribution in [0.1, 0.15) is 41.1 Å². The van der Waals surface area contributed by atoms with Gasteiger partial charge >= 0.3 is 0 Å². The Morgan fingerprint density at radius 2 is 1.91 bits per heavy atom. The minimum absolute atomic E-state index is 0.0313. The number of fused-ring (bicyclic) bond motifs is 1. The van der Waals surface area contributed by atoms with Gasteiger partial charge in [0.1, 0.15) is 5.75 Å². The Morgan fingerprint density at radius 1 is 1.23 bits per heavy atom. The number of nitrogens with two attached hydrogens (primary N) is 1. The molecule has 4 nitrogen and oxygen atoms in total. The van der Waals surface area contributed by atoms with Gasteiger partial charge in [0.25, 0.3) is 0 Å². The van der Waals surface area contributed by atoms with Gasteiger partial charge in [0, 0.05) is 5.69 Å². The molecule has 4 heteroatoms. The van der Waals surface area contributed by atoms with Gasteiger partial charge in [-0.1, -0.05) is 29.8 Å². The highest BCUT2D eigenvalue weighted by molar-refractivity contribution is 6.03. The molecule has 0 aliphatic carbocycles. The molecule has 3 N–H and O–H groups in total. The molecular weight excluding hydrogens is 276 g/mol. The topological polar surface area (TPSA) is 64.3 Å². The molecule has 22 heavy (non-hydrogen) atoms. The van der Waals surface area contributed by atoms with Gasteiger partial charge in [-0.3, -0.25) is 4.79 Å². The molecule has 1 aliphatic heterocycles. The second kappa shape index (κ2) is 5.46. The number of aryl methyl sites for hydroxylation is 1. The first kappa shape index (κ1) is 14.6. The number of rotatable bonds is 3. The molecule has 0 bridgehead atoms. The zero-order valence-electron chi connectivity index (χ0n) is 13.0. The number of carbonyl (C=O) groups is 1. The maximum absolute atomic E-state index is 12.0. The van der Waals surface area contributed by atoms with E-state index in [1.807, 2.05) is 44.2 Å². The number of amides is 1. The first-order valence-electron chi connectivity index (χ1n) is 7.36. The number of carbonyl (C=O) groups excluding carboxylic acids is 1. The highest BCUT2D eigenvalue weighted by Crippen LogP contribution is 2.39. The lowest BCUT2D eigenvalue weighted by molar-refractivity contribution is -0.116. The fraction of sp³-hybridized carbons (Fsp3) is 0.278. The van der Waals surface area contributed by atoms with Gasteiger partial charge in [-0.15, -0.1) is 0 Å². The second-order valence-corrected chi connectivity index (χ2v) is 5.78. The second-order valence-electron chi connectivity index (χ2n) is 5.78. The minimum Gasteiger partial charge on any atom is -0.497 e. The van der Waals surface area contributed by atoms with Crippen LogP contribution in [0.25, 0.3) is 0 Å². The lowest BCUT2D eigenvalue weighted by atomic mass is 9.92. The first-order valence-corrected chi connectivity index (χ1v) is 7.36.